The lowest BCUT2D eigenvalue weighted by atomic mass is 9.78. The van der Waals surface area contributed by atoms with Gasteiger partial charge in [0.15, 0.2) is 0 Å². The zero-order valence-corrected chi connectivity index (χ0v) is 22.3. The number of nitrogens with two attached hydrogens (primary N) is 1. The van der Waals surface area contributed by atoms with Crippen LogP contribution in [0.5, 0.6) is 0 Å². The molecule has 2 fully saturated rings. The molecule has 1 saturated heterocycles. The van der Waals surface area contributed by atoms with Crippen LogP contribution in [0.2, 0.25) is 0 Å². The molecule has 1 aliphatic heterocycles. The number of H-pyrrole nitrogens is 1. The van der Waals surface area contributed by atoms with Crippen molar-refractivity contribution in [2.75, 3.05) is 18.5 Å². The van der Waals surface area contributed by atoms with Crippen LogP contribution in [0.3, 0.4) is 0 Å². The summed E-state index contributed by atoms with van der Waals surface area (Å²) >= 11 is 0. The normalized spacial score (nSPS) is 23.7. The van der Waals surface area contributed by atoms with Gasteiger partial charge in [0.05, 0.1) is 0 Å². The monoisotopic (exact) mass is 556 g/mol. The largest absolute Gasteiger partial charge is 0.477 e. The van der Waals surface area contributed by atoms with Gasteiger partial charge in [0.1, 0.15) is 18.4 Å². The molecule has 2 amide bonds. The fourth-order valence-corrected chi connectivity index (χ4v) is 6.11. The molecular formula is C29H34ClFN4O4. The van der Waals surface area contributed by atoms with Gasteiger partial charge in [0.25, 0.3) is 0 Å². The molecule has 2 aromatic carbocycles. The first-order valence-electron chi connectivity index (χ1n) is 13.2. The molecule has 2 heterocycles. The molecule has 1 saturated carbocycles. The Hall–Kier alpha value is -3.43. The van der Waals surface area contributed by atoms with Crippen molar-refractivity contribution in [3.63, 3.8) is 0 Å². The molecule has 5 rings (SSSR count). The van der Waals surface area contributed by atoms with Crippen LogP contribution in [0.1, 0.15) is 54.1 Å². The lowest BCUT2D eigenvalue weighted by Crippen LogP contribution is -2.48. The number of aromatic nitrogens is 1. The number of hydrogen-bond donors (Lipinski definition) is 4. The molecule has 2 aliphatic rings. The van der Waals surface area contributed by atoms with Crippen molar-refractivity contribution in [3.8, 4) is 0 Å². The molecule has 5 N–H and O–H groups in total. The molecule has 3 atom stereocenters. The Balaban J connectivity index is 0.00000353. The van der Waals surface area contributed by atoms with Gasteiger partial charge in [-0.15, -0.1) is 12.4 Å². The highest BCUT2D eigenvalue weighted by Gasteiger charge is 2.44. The molecule has 39 heavy (non-hydrogen) atoms. The van der Waals surface area contributed by atoms with Crippen molar-refractivity contribution < 1.29 is 23.9 Å². The van der Waals surface area contributed by atoms with Gasteiger partial charge < -0.3 is 26.0 Å². The van der Waals surface area contributed by atoms with E-state index in [0.29, 0.717) is 55.2 Å². The van der Waals surface area contributed by atoms with Crippen LogP contribution in [-0.2, 0) is 9.59 Å². The molecule has 0 spiro atoms. The van der Waals surface area contributed by atoms with Crippen molar-refractivity contribution in [1.82, 2.24) is 9.88 Å². The van der Waals surface area contributed by atoms with E-state index in [0.717, 1.165) is 5.56 Å². The average Bonchev–Trinajstić information content (AvgIpc) is 3.58. The zero-order valence-electron chi connectivity index (χ0n) is 21.5. The number of carboxylic acids is 1. The number of aromatic carboxylic acids is 1. The Labute approximate surface area is 232 Å². The number of amides is 2. The van der Waals surface area contributed by atoms with E-state index >= 15 is 0 Å². The second kappa shape index (κ2) is 12.2. The maximum atomic E-state index is 13.8. The van der Waals surface area contributed by atoms with Gasteiger partial charge in [-0.3, -0.25) is 9.59 Å². The summed E-state index contributed by atoms with van der Waals surface area (Å²) in [6.45, 7) is -0.0677. The fourth-order valence-electron chi connectivity index (χ4n) is 6.11. The number of benzene rings is 2. The van der Waals surface area contributed by atoms with Gasteiger partial charge in [-0.25, -0.2) is 9.18 Å². The molecule has 8 nitrogen and oxygen atoms in total. The number of alkyl halides is 1. The highest BCUT2D eigenvalue weighted by Crippen LogP contribution is 2.38. The Bertz CT molecular complexity index is 1330. The summed E-state index contributed by atoms with van der Waals surface area (Å²) in [6, 6.07) is 15.3. The maximum absolute atomic E-state index is 13.8. The first-order valence-corrected chi connectivity index (χ1v) is 13.2. The molecule has 0 radical (unpaired) electrons. The van der Waals surface area contributed by atoms with E-state index in [4.69, 9.17) is 5.73 Å². The second-order valence-corrected chi connectivity index (χ2v) is 10.5. The van der Waals surface area contributed by atoms with Gasteiger partial charge >= 0.3 is 5.97 Å². The van der Waals surface area contributed by atoms with E-state index in [1.807, 2.05) is 30.3 Å². The van der Waals surface area contributed by atoms with Gasteiger partial charge in [-0.05, 0) is 67.9 Å². The Kier molecular flexibility index (Phi) is 8.92. The van der Waals surface area contributed by atoms with Crippen LogP contribution >= 0.6 is 12.4 Å². The summed E-state index contributed by atoms with van der Waals surface area (Å²) in [5.74, 6) is -1.61. The quantitative estimate of drug-likeness (QED) is 0.335. The third-order valence-electron chi connectivity index (χ3n) is 8.20. The van der Waals surface area contributed by atoms with Crippen LogP contribution < -0.4 is 11.1 Å². The van der Waals surface area contributed by atoms with Crippen molar-refractivity contribution >= 4 is 46.8 Å². The molecule has 208 valence electrons. The van der Waals surface area contributed by atoms with E-state index < -0.39 is 24.7 Å². The molecule has 1 aliphatic carbocycles. The Morgan fingerprint density at radius 2 is 1.77 bits per heavy atom. The minimum atomic E-state index is -1.06. The molecule has 1 aromatic heterocycles. The summed E-state index contributed by atoms with van der Waals surface area (Å²) in [4.78, 5) is 43.4. The van der Waals surface area contributed by atoms with Crippen LogP contribution in [0.15, 0.2) is 54.6 Å². The highest BCUT2D eigenvalue weighted by molar-refractivity contribution is 6.01. The molecule has 0 unspecified atom stereocenters. The van der Waals surface area contributed by atoms with Gasteiger partial charge in [0.2, 0.25) is 11.8 Å². The number of carboxylic acid groups (broad SMARTS) is 1. The van der Waals surface area contributed by atoms with Crippen LogP contribution in [0.4, 0.5) is 10.1 Å². The Morgan fingerprint density at radius 3 is 2.44 bits per heavy atom. The molecule has 3 aromatic rings. The van der Waals surface area contributed by atoms with Gasteiger partial charge in [-0.1, -0.05) is 30.3 Å². The fraction of sp³-hybridized carbons (Fsp3) is 0.414. The number of nitrogens with one attached hydrogen (secondary N) is 2. The third kappa shape index (κ3) is 5.94. The number of carbonyl (C=O) groups excluding carboxylic acids is 2. The van der Waals surface area contributed by atoms with Gasteiger partial charge in [0, 0.05) is 41.0 Å². The summed E-state index contributed by atoms with van der Waals surface area (Å²) in [7, 11) is 0. The number of nitrogens with zero attached hydrogens (tertiary/aromatic N) is 1. The van der Waals surface area contributed by atoms with Crippen LogP contribution in [0.25, 0.3) is 10.9 Å². The SMILES string of the molecule is Cl.N[C@H](CF)C1CCC(C(=O)N2CC[C@@H](c3ccccc3)[C@H]2C(=O)Nc2ccc3[nH]c(C(=O)O)cc3c2)CC1. The van der Waals surface area contributed by atoms with Crippen LogP contribution in [-0.4, -0.2) is 58.1 Å². The minimum absolute atomic E-state index is 0. The third-order valence-corrected chi connectivity index (χ3v) is 8.20. The van der Waals surface area contributed by atoms with E-state index in [1.165, 1.54) is 6.07 Å². The number of fused-ring (bicyclic) bond motifs is 1. The molecule has 0 bridgehead atoms. The van der Waals surface area contributed by atoms with Crippen LogP contribution in [0, 0.1) is 11.8 Å². The number of hydrogen-bond acceptors (Lipinski definition) is 4. The predicted molar refractivity (Wildman–Crippen MR) is 150 cm³/mol. The lowest BCUT2D eigenvalue weighted by molar-refractivity contribution is -0.141. The lowest BCUT2D eigenvalue weighted by Gasteiger charge is -2.35. The van der Waals surface area contributed by atoms with Crippen molar-refractivity contribution in [3.05, 3.63) is 65.9 Å². The van der Waals surface area contributed by atoms with Crippen molar-refractivity contribution in [2.45, 2.75) is 50.1 Å². The summed E-state index contributed by atoms with van der Waals surface area (Å²) in [5, 5.41) is 12.9. The smallest absolute Gasteiger partial charge is 0.352 e. The maximum Gasteiger partial charge on any atom is 0.352 e. The highest BCUT2D eigenvalue weighted by atomic mass is 35.5. The Morgan fingerprint density at radius 1 is 1.05 bits per heavy atom. The predicted octanol–water partition coefficient (Wildman–Crippen LogP) is 4.71. The number of halogens is 2. The van der Waals surface area contributed by atoms with E-state index in [-0.39, 0.29) is 47.7 Å². The van der Waals surface area contributed by atoms with Gasteiger partial charge in [-0.2, -0.15) is 0 Å². The second-order valence-electron chi connectivity index (χ2n) is 10.5. The zero-order chi connectivity index (χ0) is 26.8. The molecule has 10 heteroatoms. The van der Waals surface area contributed by atoms with E-state index in [1.54, 1.807) is 23.1 Å². The van der Waals surface area contributed by atoms with Crippen molar-refractivity contribution in [2.24, 2.45) is 17.6 Å². The molecular weight excluding hydrogens is 523 g/mol. The number of likely N-dealkylation sites (tertiary alicyclic amines) is 1. The number of aromatic amines is 1. The first kappa shape index (κ1) is 28.6. The summed E-state index contributed by atoms with van der Waals surface area (Å²) in [6.07, 6.45) is 3.39. The van der Waals surface area contributed by atoms with Crippen molar-refractivity contribution in [1.29, 1.82) is 0 Å². The summed E-state index contributed by atoms with van der Waals surface area (Å²) in [5.41, 5.74) is 8.17. The summed E-state index contributed by atoms with van der Waals surface area (Å²) < 4.78 is 13.0. The van der Waals surface area contributed by atoms with E-state index in [9.17, 15) is 23.9 Å². The minimum Gasteiger partial charge on any atom is -0.477 e. The average molecular weight is 557 g/mol. The first-order chi connectivity index (χ1) is 18.4. The topological polar surface area (TPSA) is 129 Å². The number of carbonyl (C=O) groups is 3. The number of rotatable bonds is 7. The standard InChI is InChI=1S/C29H33FN4O4.ClH/c30-16-23(31)18-6-8-19(9-7-18)28(36)34-13-12-22(17-4-2-1-3-5-17)26(34)27(35)32-21-10-11-24-20(14-21)15-25(33-24)29(37)38;/h1-5,10-11,14-15,18-19,22-23,26,33H,6-9,12-13,16,31H2,(H,32,35)(H,37,38);1H/t18?,19?,22-,23+,26-;/m0./s1. The number of anilines is 1. The van der Waals surface area contributed by atoms with E-state index in [2.05, 4.69) is 10.3 Å².